The molecule has 0 atom stereocenters. The topological polar surface area (TPSA) is 128 Å². The molecular weight excluding hydrogens is 350 g/mol. The fourth-order valence-corrected chi connectivity index (χ4v) is 2.35. The molecule has 3 rings (SSSR count). The molecule has 1 heterocycles. The van der Waals surface area contributed by atoms with Gasteiger partial charge in [-0.25, -0.2) is 10.1 Å². The number of nitrogens with one attached hydrogen (secondary N) is 1. The van der Waals surface area contributed by atoms with E-state index in [1.807, 2.05) is 24.3 Å². The molecule has 3 aromatic rings. The van der Waals surface area contributed by atoms with Crippen molar-refractivity contribution < 1.29 is 9.72 Å². The number of hydrogen-bond donors (Lipinski definition) is 1. The Morgan fingerprint density at radius 1 is 1.19 bits per heavy atom. The maximum Gasteiger partial charge on any atom is 0.273 e. The summed E-state index contributed by atoms with van der Waals surface area (Å²) in [5.74, 6) is -0.525. The van der Waals surface area contributed by atoms with Gasteiger partial charge in [-0.2, -0.15) is 5.10 Å². The van der Waals surface area contributed by atoms with Crippen LogP contribution < -0.4 is 5.43 Å². The second kappa shape index (κ2) is 7.52. The van der Waals surface area contributed by atoms with Crippen LogP contribution >= 0.6 is 0 Å². The third-order valence-corrected chi connectivity index (χ3v) is 3.89. The van der Waals surface area contributed by atoms with Crippen molar-refractivity contribution in [2.24, 2.45) is 5.10 Å². The van der Waals surface area contributed by atoms with Crippen molar-refractivity contribution >= 4 is 17.3 Å². The number of amides is 1. The van der Waals surface area contributed by atoms with Crippen LogP contribution in [0.4, 0.5) is 5.69 Å². The van der Waals surface area contributed by atoms with Crippen molar-refractivity contribution in [3.8, 4) is 5.69 Å². The highest BCUT2D eigenvalue weighted by Crippen LogP contribution is 2.19. The van der Waals surface area contributed by atoms with E-state index in [9.17, 15) is 14.9 Å². The van der Waals surface area contributed by atoms with E-state index >= 15 is 0 Å². The first-order valence-corrected chi connectivity index (χ1v) is 7.89. The zero-order valence-corrected chi connectivity index (χ0v) is 14.5. The Kier molecular flexibility index (Phi) is 4.97. The van der Waals surface area contributed by atoms with Crippen LogP contribution in [-0.2, 0) is 0 Å². The largest absolute Gasteiger partial charge is 0.273 e. The molecule has 1 N–H and O–H groups in total. The van der Waals surface area contributed by atoms with Gasteiger partial charge >= 0.3 is 0 Å². The van der Waals surface area contributed by atoms with Crippen LogP contribution in [0.5, 0.6) is 0 Å². The van der Waals surface area contributed by atoms with Crippen LogP contribution in [0.25, 0.3) is 5.69 Å². The molecule has 27 heavy (non-hydrogen) atoms. The van der Waals surface area contributed by atoms with Crippen molar-refractivity contribution in [3.05, 3.63) is 75.6 Å². The first-order chi connectivity index (χ1) is 13.0. The number of carbonyl (C=O) groups excluding carboxylic acids is 1. The third kappa shape index (κ3) is 4.00. The highest BCUT2D eigenvalue weighted by Gasteiger charge is 2.14. The van der Waals surface area contributed by atoms with Crippen LogP contribution in [0, 0.1) is 17.0 Å². The van der Waals surface area contributed by atoms with E-state index in [2.05, 4.69) is 26.1 Å². The number of nitro groups is 1. The number of hydrazone groups is 1. The summed E-state index contributed by atoms with van der Waals surface area (Å²) in [5, 5.41) is 26.0. The van der Waals surface area contributed by atoms with Gasteiger partial charge in [0, 0.05) is 17.2 Å². The molecule has 0 saturated heterocycles. The van der Waals surface area contributed by atoms with E-state index in [0.717, 1.165) is 11.3 Å². The zero-order valence-electron chi connectivity index (χ0n) is 14.5. The normalized spacial score (nSPS) is 11.3. The molecular formula is C17H15N7O3. The van der Waals surface area contributed by atoms with Crippen molar-refractivity contribution in [2.75, 3.05) is 0 Å². The number of tetrazole rings is 1. The summed E-state index contributed by atoms with van der Waals surface area (Å²) < 4.78 is 1.52. The predicted octanol–water partition coefficient (Wildman–Crippen LogP) is 2.03. The van der Waals surface area contributed by atoms with E-state index in [4.69, 9.17) is 0 Å². The molecule has 10 heteroatoms. The van der Waals surface area contributed by atoms with Gasteiger partial charge in [-0.15, -0.1) is 5.10 Å². The molecule has 0 radical (unpaired) electrons. The maximum absolute atomic E-state index is 12.2. The Hall–Kier alpha value is -3.95. The minimum atomic E-state index is -0.525. The molecule has 0 unspecified atom stereocenters. The molecule has 0 fully saturated rings. The van der Waals surface area contributed by atoms with Crippen LogP contribution in [0.3, 0.4) is 0 Å². The summed E-state index contributed by atoms with van der Waals surface area (Å²) >= 11 is 0. The molecule has 0 aliphatic heterocycles. The predicted molar refractivity (Wildman–Crippen MR) is 96.7 cm³/mol. The highest BCUT2D eigenvalue weighted by molar-refractivity contribution is 6.01. The van der Waals surface area contributed by atoms with Gasteiger partial charge in [-0.1, -0.05) is 18.2 Å². The van der Waals surface area contributed by atoms with Crippen molar-refractivity contribution in [1.29, 1.82) is 0 Å². The minimum Gasteiger partial charge on any atom is -0.267 e. The first kappa shape index (κ1) is 17.9. The number of nitro benzene ring substituents is 1. The third-order valence-electron chi connectivity index (χ3n) is 3.89. The summed E-state index contributed by atoms with van der Waals surface area (Å²) in [6.45, 7) is 3.35. The average Bonchev–Trinajstić information content (AvgIpc) is 3.21. The fourth-order valence-electron chi connectivity index (χ4n) is 2.35. The lowest BCUT2D eigenvalue weighted by atomic mass is 10.1. The fraction of sp³-hybridized carbons (Fsp3) is 0.118. The van der Waals surface area contributed by atoms with E-state index in [-0.39, 0.29) is 11.3 Å². The number of nitrogens with zero attached hydrogens (tertiary/aromatic N) is 6. The number of rotatable bonds is 5. The summed E-state index contributed by atoms with van der Waals surface area (Å²) in [6.07, 6.45) is 1.48. The number of aromatic nitrogens is 4. The molecule has 0 bridgehead atoms. The molecule has 0 saturated carbocycles. The Bertz CT molecular complexity index is 1010. The molecule has 136 valence electrons. The van der Waals surface area contributed by atoms with Crippen molar-refractivity contribution in [2.45, 2.75) is 13.8 Å². The van der Waals surface area contributed by atoms with Gasteiger partial charge in [0.2, 0.25) is 0 Å². The van der Waals surface area contributed by atoms with E-state index in [1.165, 1.54) is 29.2 Å². The lowest BCUT2D eigenvalue weighted by Crippen LogP contribution is -2.19. The summed E-state index contributed by atoms with van der Waals surface area (Å²) in [6, 6.07) is 11.5. The Labute approximate surface area is 153 Å². The van der Waals surface area contributed by atoms with E-state index in [0.29, 0.717) is 11.3 Å². The second-order valence-corrected chi connectivity index (χ2v) is 5.70. The van der Waals surface area contributed by atoms with Gasteiger partial charge in [0.1, 0.15) is 6.33 Å². The molecule has 0 aliphatic rings. The quantitative estimate of drug-likeness (QED) is 0.418. The minimum absolute atomic E-state index is 0.110. The van der Waals surface area contributed by atoms with Crippen molar-refractivity contribution in [3.63, 3.8) is 0 Å². The smallest absolute Gasteiger partial charge is 0.267 e. The Morgan fingerprint density at radius 3 is 2.52 bits per heavy atom. The maximum atomic E-state index is 12.2. The Morgan fingerprint density at radius 2 is 1.89 bits per heavy atom. The van der Waals surface area contributed by atoms with Crippen LogP contribution in [-0.4, -0.2) is 36.7 Å². The van der Waals surface area contributed by atoms with Crippen LogP contribution in [0.1, 0.15) is 28.4 Å². The molecule has 1 amide bonds. The van der Waals surface area contributed by atoms with Gasteiger partial charge in [0.15, 0.2) is 0 Å². The van der Waals surface area contributed by atoms with E-state index in [1.54, 1.807) is 13.8 Å². The SMILES string of the molecule is C/C(=N\NC(=O)c1ccc(C)c([N+](=O)[O-])c1)c1ccc(-n2cnnn2)cc1. The number of benzene rings is 2. The highest BCUT2D eigenvalue weighted by atomic mass is 16.6. The molecule has 0 aliphatic carbocycles. The van der Waals surface area contributed by atoms with Crippen LogP contribution in [0.15, 0.2) is 53.9 Å². The summed E-state index contributed by atoms with van der Waals surface area (Å²) in [7, 11) is 0. The number of carbonyl (C=O) groups is 1. The average molecular weight is 365 g/mol. The summed E-state index contributed by atoms with van der Waals surface area (Å²) in [4.78, 5) is 22.7. The van der Waals surface area contributed by atoms with Gasteiger partial charge in [0.25, 0.3) is 11.6 Å². The zero-order chi connectivity index (χ0) is 19.4. The number of aryl methyl sites for hydroxylation is 1. The molecule has 1 aromatic heterocycles. The van der Waals surface area contributed by atoms with E-state index < -0.39 is 10.8 Å². The number of hydrogen-bond acceptors (Lipinski definition) is 7. The van der Waals surface area contributed by atoms with Crippen molar-refractivity contribution in [1.82, 2.24) is 25.6 Å². The van der Waals surface area contributed by atoms with Gasteiger partial charge in [-0.05, 0) is 48.0 Å². The van der Waals surface area contributed by atoms with Gasteiger partial charge < -0.3 is 0 Å². The lowest BCUT2D eigenvalue weighted by molar-refractivity contribution is -0.385. The molecule has 0 spiro atoms. The van der Waals surface area contributed by atoms with Gasteiger partial charge in [0.05, 0.1) is 16.3 Å². The lowest BCUT2D eigenvalue weighted by Gasteiger charge is -2.05. The second-order valence-electron chi connectivity index (χ2n) is 5.70. The molecule has 2 aromatic carbocycles. The first-order valence-electron chi connectivity index (χ1n) is 7.89. The standard InChI is InChI=1S/C17H15N7O3/c1-11-3-4-14(9-16(11)24(26)27)17(25)20-19-12(2)13-5-7-15(8-6-13)23-10-18-21-22-23/h3-10H,1-2H3,(H,20,25)/b19-12+. The monoisotopic (exact) mass is 365 g/mol. The van der Waals surface area contributed by atoms with Gasteiger partial charge in [-0.3, -0.25) is 14.9 Å². The Balaban J connectivity index is 1.72. The molecule has 10 nitrogen and oxygen atoms in total. The summed E-state index contributed by atoms with van der Waals surface area (Å²) in [5.41, 5.74) is 5.11. The van der Waals surface area contributed by atoms with Crippen LogP contribution in [0.2, 0.25) is 0 Å².